The lowest BCUT2D eigenvalue weighted by Crippen LogP contribution is -2.48. The van der Waals surface area contributed by atoms with Gasteiger partial charge in [-0.25, -0.2) is 9.18 Å². The van der Waals surface area contributed by atoms with E-state index in [1.807, 2.05) is 35.2 Å². The number of hydrogen-bond donors (Lipinski definition) is 1. The van der Waals surface area contributed by atoms with E-state index in [1.165, 1.54) is 18.2 Å². The zero-order valence-electron chi connectivity index (χ0n) is 19.1. The number of benzene rings is 2. The van der Waals surface area contributed by atoms with Crippen LogP contribution in [0.5, 0.6) is 5.75 Å². The molecule has 180 valence electrons. The number of nitrogens with zero attached hydrogens (tertiary/aromatic N) is 2. The number of aromatic nitrogens is 1. The molecule has 0 aliphatic carbocycles. The van der Waals surface area contributed by atoms with E-state index >= 15 is 0 Å². The second-order valence-corrected chi connectivity index (χ2v) is 8.78. The van der Waals surface area contributed by atoms with Gasteiger partial charge in [-0.1, -0.05) is 30.3 Å². The standard InChI is InChI=1S/C27H24F3N3O2/c1-35-21-7-2-16(3-8-21)15-31-27(34)33-19-5-6-20(33)13-18(12-19)17-4-9-22(24(28)14-17)23-10-11-25(29)32-26(23)30/h2-4,7-12,14,19-20H,5-6,13,15H2,1H3,(H,31,34). The molecule has 3 aromatic rings. The third-order valence-electron chi connectivity index (χ3n) is 6.68. The van der Waals surface area contributed by atoms with Crippen LogP contribution in [0.2, 0.25) is 0 Å². The fraction of sp³-hybridized carbons (Fsp3) is 0.259. The van der Waals surface area contributed by atoms with E-state index < -0.39 is 17.7 Å². The molecule has 0 spiro atoms. The monoisotopic (exact) mass is 479 g/mol. The van der Waals surface area contributed by atoms with E-state index in [-0.39, 0.29) is 29.2 Å². The Morgan fingerprint density at radius 3 is 2.51 bits per heavy atom. The van der Waals surface area contributed by atoms with Gasteiger partial charge in [0.15, 0.2) is 0 Å². The van der Waals surface area contributed by atoms with E-state index in [4.69, 9.17) is 4.74 Å². The number of amides is 2. The Morgan fingerprint density at radius 1 is 1.06 bits per heavy atom. The number of ether oxygens (including phenoxy) is 1. The summed E-state index contributed by atoms with van der Waals surface area (Å²) in [6.45, 7) is 0.414. The summed E-state index contributed by atoms with van der Waals surface area (Å²) in [5.74, 6) is -1.86. The Labute approximate surface area is 201 Å². The van der Waals surface area contributed by atoms with Crippen molar-refractivity contribution >= 4 is 11.6 Å². The third-order valence-corrected chi connectivity index (χ3v) is 6.68. The van der Waals surface area contributed by atoms with Gasteiger partial charge in [0, 0.05) is 23.7 Å². The van der Waals surface area contributed by atoms with Gasteiger partial charge in [-0.2, -0.15) is 13.8 Å². The number of carbonyl (C=O) groups is 1. The largest absolute Gasteiger partial charge is 0.497 e. The van der Waals surface area contributed by atoms with Crippen molar-refractivity contribution in [1.29, 1.82) is 0 Å². The summed E-state index contributed by atoms with van der Waals surface area (Å²) in [7, 11) is 1.61. The highest BCUT2D eigenvalue weighted by molar-refractivity contribution is 5.79. The second kappa shape index (κ2) is 9.44. The minimum Gasteiger partial charge on any atom is -0.497 e. The Morgan fingerprint density at radius 2 is 1.83 bits per heavy atom. The Balaban J connectivity index is 1.30. The first kappa shape index (κ1) is 23.0. The zero-order chi connectivity index (χ0) is 24.5. The molecular formula is C27H24F3N3O2. The molecule has 1 saturated heterocycles. The minimum atomic E-state index is -1.05. The Bertz CT molecular complexity index is 1290. The summed E-state index contributed by atoms with van der Waals surface area (Å²) in [6, 6.07) is 14.1. The summed E-state index contributed by atoms with van der Waals surface area (Å²) in [6.07, 6.45) is 4.34. The van der Waals surface area contributed by atoms with Crippen LogP contribution in [-0.4, -0.2) is 35.1 Å². The number of rotatable bonds is 5. The maximum Gasteiger partial charge on any atom is 0.318 e. The van der Waals surface area contributed by atoms with Gasteiger partial charge in [-0.15, -0.1) is 0 Å². The molecule has 8 heteroatoms. The highest BCUT2D eigenvalue weighted by atomic mass is 19.1. The minimum absolute atomic E-state index is 0.0253. The predicted molar refractivity (Wildman–Crippen MR) is 126 cm³/mol. The molecule has 2 aliphatic rings. The summed E-state index contributed by atoms with van der Waals surface area (Å²) in [5.41, 5.74) is 2.56. The molecule has 1 N–H and O–H groups in total. The van der Waals surface area contributed by atoms with Crippen LogP contribution in [0.15, 0.2) is 60.7 Å². The molecule has 35 heavy (non-hydrogen) atoms. The number of urea groups is 1. The summed E-state index contributed by atoms with van der Waals surface area (Å²) < 4.78 is 47.2. The fourth-order valence-electron chi connectivity index (χ4n) is 4.92. The van der Waals surface area contributed by atoms with Gasteiger partial charge in [0.05, 0.1) is 13.2 Å². The van der Waals surface area contributed by atoms with Crippen molar-refractivity contribution in [3.05, 3.63) is 89.5 Å². The van der Waals surface area contributed by atoms with Gasteiger partial charge in [0.2, 0.25) is 11.9 Å². The lowest BCUT2D eigenvalue weighted by Gasteiger charge is -2.34. The highest BCUT2D eigenvalue weighted by Gasteiger charge is 2.39. The van der Waals surface area contributed by atoms with Crippen molar-refractivity contribution in [2.75, 3.05) is 7.11 Å². The molecule has 5 rings (SSSR count). The molecule has 2 bridgehead atoms. The van der Waals surface area contributed by atoms with Gasteiger partial charge < -0.3 is 15.0 Å². The normalized spacial score (nSPS) is 18.9. The smallest absolute Gasteiger partial charge is 0.318 e. The van der Waals surface area contributed by atoms with Crippen molar-refractivity contribution in [1.82, 2.24) is 15.2 Å². The number of carbonyl (C=O) groups excluding carboxylic acids is 1. The molecule has 0 saturated carbocycles. The van der Waals surface area contributed by atoms with Crippen LogP contribution in [0.4, 0.5) is 18.0 Å². The highest BCUT2D eigenvalue weighted by Crippen LogP contribution is 2.39. The van der Waals surface area contributed by atoms with Crippen LogP contribution in [0, 0.1) is 17.7 Å². The number of halogens is 3. The molecule has 2 amide bonds. The third kappa shape index (κ3) is 4.60. The number of nitrogens with one attached hydrogen (secondary N) is 1. The fourth-order valence-corrected chi connectivity index (χ4v) is 4.92. The number of methoxy groups -OCH3 is 1. The van der Waals surface area contributed by atoms with Crippen molar-refractivity contribution in [2.45, 2.75) is 37.9 Å². The molecule has 1 aromatic heterocycles. The van der Waals surface area contributed by atoms with Crippen molar-refractivity contribution in [3.63, 3.8) is 0 Å². The molecule has 3 heterocycles. The van der Waals surface area contributed by atoms with Crippen LogP contribution in [0.1, 0.15) is 30.4 Å². The van der Waals surface area contributed by atoms with E-state index in [9.17, 15) is 18.0 Å². The van der Waals surface area contributed by atoms with E-state index in [2.05, 4.69) is 10.3 Å². The van der Waals surface area contributed by atoms with Crippen LogP contribution < -0.4 is 10.1 Å². The zero-order valence-corrected chi connectivity index (χ0v) is 19.1. The SMILES string of the molecule is COc1ccc(CNC(=O)N2C3C=C(c4ccc(-c5ccc(F)nc5F)c(F)c4)CC2CC3)cc1. The Kier molecular flexibility index (Phi) is 6.19. The second-order valence-electron chi connectivity index (χ2n) is 8.78. The molecule has 2 unspecified atom stereocenters. The lowest BCUT2D eigenvalue weighted by atomic mass is 9.93. The summed E-state index contributed by atoms with van der Waals surface area (Å²) in [5, 5.41) is 2.99. The van der Waals surface area contributed by atoms with Gasteiger partial charge in [0.25, 0.3) is 0 Å². The first-order chi connectivity index (χ1) is 16.9. The van der Waals surface area contributed by atoms with E-state index in [1.54, 1.807) is 13.2 Å². The van der Waals surface area contributed by atoms with Crippen molar-refractivity contribution < 1.29 is 22.7 Å². The number of pyridine rings is 1. The summed E-state index contributed by atoms with van der Waals surface area (Å²) in [4.78, 5) is 18.0. The lowest BCUT2D eigenvalue weighted by molar-refractivity contribution is 0.179. The quantitative estimate of drug-likeness (QED) is 0.478. The molecule has 2 aliphatic heterocycles. The molecular weight excluding hydrogens is 455 g/mol. The Hall–Kier alpha value is -3.81. The van der Waals surface area contributed by atoms with Gasteiger partial charge in [0.1, 0.15) is 11.6 Å². The first-order valence-corrected chi connectivity index (χ1v) is 11.4. The van der Waals surface area contributed by atoms with Gasteiger partial charge >= 0.3 is 6.03 Å². The first-order valence-electron chi connectivity index (χ1n) is 11.4. The van der Waals surface area contributed by atoms with Crippen LogP contribution in [0.25, 0.3) is 16.7 Å². The molecule has 1 fully saturated rings. The van der Waals surface area contributed by atoms with E-state index in [0.717, 1.165) is 35.8 Å². The average molecular weight is 480 g/mol. The van der Waals surface area contributed by atoms with Crippen molar-refractivity contribution in [2.24, 2.45) is 0 Å². The van der Waals surface area contributed by atoms with Crippen LogP contribution in [0.3, 0.4) is 0 Å². The predicted octanol–water partition coefficient (Wildman–Crippen LogP) is 5.70. The van der Waals surface area contributed by atoms with Crippen molar-refractivity contribution in [3.8, 4) is 16.9 Å². The topological polar surface area (TPSA) is 54.5 Å². The maximum atomic E-state index is 14.9. The summed E-state index contributed by atoms with van der Waals surface area (Å²) >= 11 is 0. The van der Waals surface area contributed by atoms with Gasteiger partial charge in [-0.3, -0.25) is 0 Å². The average Bonchev–Trinajstić information content (AvgIpc) is 3.12. The molecule has 2 atom stereocenters. The van der Waals surface area contributed by atoms with Crippen LogP contribution >= 0.6 is 0 Å². The maximum absolute atomic E-state index is 14.9. The van der Waals surface area contributed by atoms with E-state index in [0.29, 0.717) is 18.5 Å². The molecule has 0 radical (unpaired) electrons. The number of fused-ring (bicyclic) bond motifs is 2. The van der Waals surface area contributed by atoms with Crippen LogP contribution in [-0.2, 0) is 6.54 Å². The van der Waals surface area contributed by atoms with Gasteiger partial charge in [-0.05, 0) is 66.3 Å². The number of hydrogen-bond acceptors (Lipinski definition) is 3. The molecule has 5 nitrogen and oxygen atoms in total. The molecule has 2 aromatic carbocycles.